The molecule has 0 unspecified atom stereocenters. The molecular weight excluding hydrogens is 328 g/mol. The van der Waals surface area contributed by atoms with Crippen molar-refractivity contribution in [2.24, 2.45) is 5.73 Å². The lowest BCUT2D eigenvalue weighted by Gasteiger charge is -2.15. The highest BCUT2D eigenvalue weighted by atomic mass is 79.9. The van der Waals surface area contributed by atoms with Gasteiger partial charge in [0, 0.05) is 16.1 Å². The lowest BCUT2D eigenvalue weighted by molar-refractivity contribution is 0.300. The second-order valence-electron chi connectivity index (χ2n) is 5.01. The van der Waals surface area contributed by atoms with Crippen LogP contribution in [0.15, 0.2) is 40.9 Å². The topological polar surface area (TPSA) is 59.0 Å². The number of halogens is 1. The Kier molecular flexibility index (Phi) is 5.00. The Bertz CT molecular complexity index is 690. The van der Waals surface area contributed by atoms with Gasteiger partial charge in [0.2, 0.25) is 0 Å². The van der Waals surface area contributed by atoms with Gasteiger partial charge in [-0.25, -0.2) is 0 Å². The first kappa shape index (κ1) is 15.6. The van der Waals surface area contributed by atoms with Crippen molar-refractivity contribution in [2.45, 2.75) is 26.5 Å². The summed E-state index contributed by atoms with van der Waals surface area (Å²) in [6, 6.07) is 13.5. The first-order chi connectivity index (χ1) is 10.0. The van der Waals surface area contributed by atoms with Crippen molar-refractivity contribution in [3.63, 3.8) is 0 Å². The third-order valence-corrected chi connectivity index (χ3v) is 3.81. The van der Waals surface area contributed by atoms with Gasteiger partial charge >= 0.3 is 0 Å². The van der Waals surface area contributed by atoms with Gasteiger partial charge in [0.05, 0.1) is 11.6 Å². The molecule has 0 heterocycles. The average molecular weight is 345 g/mol. The summed E-state index contributed by atoms with van der Waals surface area (Å²) in [4.78, 5) is 0. The second kappa shape index (κ2) is 6.75. The van der Waals surface area contributed by atoms with Crippen LogP contribution < -0.4 is 10.5 Å². The van der Waals surface area contributed by atoms with E-state index in [4.69, 9.17) is 15.7 Å². The van der Waals surface area contributed by atoms with Crippen LogP contribution in [0.4, 0.5) is 0 Å². The molecule has 0 fully saturated rings. The average Bonchev–Trinajstić information content (AvgIpc) is 2.45. The van der Waals surface area contributed by atoms with Gasteiger partial charge in [-0.3, -0.25) is 0 Å². The van der Waals surface area contributed by atoms with Gasteiger partial charge in [-0.15, -0.1) is 0 Å². The van der Waals surface area contributed by atoms with E-state index >= 15 is 0 Å². The van der Waals surface area contributed by atoms with Gasteiger partial charge in [-0.2, -0.15) is 5.26 Å². The van der Waals surface area contributed by atoms with E-state index in [0.717, 1.165) is 26.9 Å². The fourth-order valence-electron chi connectivity index (χ4n) is 2.09. The van der Waals surface area contributed by atoms with E-state index in [1.807, 2.05) is 44.2 Å². The van der Waals surface area contributed by atoms with Crippen LogP contribution >= 0.6 is 15.9 Å². The molecule has 0 saturated heterocycles. The molecule has 0 spiro atoms. The standard InChI is InChI=1S/C17H17BrN2O/c1-11-7-13(9-19)3-4-14(11)10-21-17-8-15(18)5-6-16(17)12(2)20/h3-8,12H,10,20H2,1-2H3/t12-/m1/s1. The van der Waals surface area contributed by atoms with Crippen molar-refractivity contribution in [1.82, 2.24) is 0 Å². The van der Waals surface area contributed by atoms with E-state index in [0.29, 0.717) is 12.2 Å². The lowest BCUT2D eigenvalue weighted by Crippen LogP contribution is -2.08. The summed E-state index contributed by atoms with van der Waals surface area (Å²) in [5.41, 5.74) is 9.72. The molecular formula is C17H17BrN2O. The minimum Gasteiger partial charge on any atom is -0.489 e. The van der Waals surface area contributed by atoms with Crippen LogP contribution in [0.5, 0.6) is 5.75 Å². The quantitative estimate of drug-likeness (QED) is 0.902. The number of ether oxygens (including phenoxy) is 1. The van der Waals surface area contributed by atoms with Gasteiger partial charge in [0.25, 0.3) is 0 Å². The van der Waals surface area contributed by atoms with E-state index in [1.165, 1.54) is 0 Å². The monoisotopic (exact) mass is 344 g/mol. The van der Waals surface area contributed by atoms with Crippen LogP contribution in [0.25, 0.3) is 0 Å². The number of benzene rings is 2. The molecule has 0 radical (unpaired) electrons. The smallest absolute Gasteiger partial charge is 0.125 e. The van der Waals surface area contributed by atoms with Crippen LogP contribution in [0, 0.1) is 18.3 Å². The molecule has 2 aromatic carbocycles. The molecule has 0 bridgehead atoms. The zero-order valence-corrected chi connectivity index (χ0v) is 13.6. The van der Waals surface area contributed by atoms with Gasteiger partial charge in [-0.1, -0.05) is 28.1 Å². The fraction of sp³-hybridized carbons (Fsp3) is 0.235. The largest absolute Gasteiger partial charge is 0.489 e. The van der Waals surface area contributed by atoms with E-state index in [9.17, 15) is 0 Å². The Hall–Kier alpha value is -1.83. The molecule has 1 atom stereocenters. The third kappa shape index (κ3) is 3.84. The molecule has 0 aliphatic heterocycles. The summed E-state index contributed by atoms with van der Waals surface area (Å²) in [6.07, 6.45) is 0. The molecule has 108 valence electrons. The zero-order valence-electron chi connectivity index (χ0n) is 12.1. The highest BCUT2D eigenvalue weighted by Gasteiger charge is 2.10. The van der Waals surface area contributed by atoms with Crippen molar-refractivity contribution in [2.75, 3.05) is 0 Å². The molecule has 0 amide bonds. The lowest BCUT2D eigenvalue weighted by atomic mass is 10.1. The maximum absolute atomic E-state index is 8.89. The Morgan fingerprint density at radius 1 is 1.29 bits per heavy atom. The molecule has 0 aliphatic rings. The number of nitriles is 1. The van der Waals surface area contributed by atoms with Crippen molar-refractivity contribution < 1.29 is 4.74 Å². The Labute approximate surface area is 133 Å². The molecule has 2 aromatic rings. The number of rotatable bonds is 4. The van der Waals surface area contributed by atoms with Crippen molar-refractivity contribution in [1.29, 1.82) is 5.26 Å². The van der Waals surface area contributed by atoms with Gasteiger partial charge in [0.1, 0.15) is 12.4 Å². The van der Waals surface area contributed by atoms with E-state index in [-0.39, 0.29) is 6.04 Å². The Morgan fingerprint density at radius 3 is 2.67 bits per heavy atom. The van der Waals surface area contributed by atoms with E-state index in [2.05, 4.69) is 22.0 Å². The number of aryl methyl sites for hydroxylation is 1. The summed E-state index contributed by atoms with van der Waals surface area (Å²) in [7, 11) is 0. The molecule has 3 nitrogen and oxygen atoms in total. The van der Waals surface area contributed by atoms with Crippen LogP contribution in [0.2, 0.25) is 0 Å². The fourth-order valence-corrected chi connectivity index (χ4v) is 2.43. The summed E-state index contributed by atoms with van der Waals surface area (Å²) >= 11 is 3.45. The normalized spacial score (nSPS) is 11.8. The maximum atomic E-state index is 8.89. The molecule has 0 aliphatic carbocycles. The molecule has 0 aromatic heterocycles. The molecule has 21 heavy (non-hydrogen) atoms. The molecule has 2 rings (SSSR count). The number of nitrogens with two attached hydrogens (primary N) is 1. The zero-order chi connectivity index (χ0) is 15.4. The van der Waals surface area contributed by atoms with Crippen LogP contribution in [-0.2, 0) is 6.61 Å². The maximum Gasteiger partial charge on any atom is 0.125 e. The van der Waals surface area contributed by atoms with Gasteiger partial charge < -0.3 is 10.5 Å². The van der Waals surface area contributed by atoms with E-state index in [1.54, 1.807) is 6.07 Å². The molecule has 2 N–H and O–H groups in total. The van der Waals surface area contributed by atoms with Crippen molar-refractivity contribution in [3.05, 3.63) is 63.1 Å². The Morgan fingerprint density at radius 2 is 2.05 bits per heavy atom. The van der Waals surface area contributed by atoms with Crippen LogP contribution in [0.1, 0.15) is 35.2 Å². The highest BCUT2D eigenvalue weighted by molar-refractivity contribution is 9.10. The summed E-state index contributed by atoms with van der Waals surface area (Å²) < 4.78 is 6.88. The van der Waals surface area contributed by atoms with Crippen LogP contribution in [0.3, 0.4) is 0 Å². The van der Waals surface area contributed by atoms with Gasteiger partial charge in [-0.05, 0) is 49.2 Å². The van der Waals surface area contributed by atoms with Gasteiger partial charge in [0.15, 0.2) is 0 Å². The summed E-state index contributed by atoms with van der Waals surface area (Å²) in [5, 5.41) is 8.89. The van der Waals surface area contributed by atoms with Crippen molar-refractivity contribution >= 4 is 15.9 Å². The summed E-state index contributed by atoms with van der Waals surface area (Å²) in [6.45, 7) is 4.36. The molecule has 0 saturated carbocycles. The minimum atomic E-state index is -0.0878. The molecule has 4 heteroatoms. The first-order valence-electron chi connectivity index (χ1n) is 6.68. The second-order valence-corrected chi connectivity index (χ2v) is 5.93. The minimum absolute atomic E-state index is 0.0878. The summed E-state index contributed by atoms with van der Waals surface area (Å²) in [5.74, 6) is 0.781. The first-order valence-corrected chi connectivity index (χ1v) is 7.48. The number of nitrogens with zero attached hydrogens (tertiary/aromatic N) is 1. The predicted octanol–water partition coefficient (Wildman–Crippen LogP) is 4.23. The Balaban J connectivity index is 2.20. The SMILES string of the molecule is Cc1cc(C#N)ccc1COc1cc(Br)ccc1[C@@H](C)N. The highest BCUT2D eigenvalue weighted by Crippen LogP contribution is 2.28. The number of hydrogen-bond donors (Lipinski definition) is 1. The van der Waals surface area contributed by atoms with Crippen molar-refractivity contribution in [3.8, 4) is 11.8 Å². The number of hydrogen-bond acceptors (Lipinski definition) is 3. The van der Waals surface area contributed by atoms with Crippen LogP contribution in [-0.4, -0.2) is 0 Å². The predicted molar refractivity (Wildman–Crippen MR) is 87.0 cm³/mol. The third-order valence-electron chi connectivity index (χ3n) is 3.32. The van der Waals surface area contributed by atoms with E-state index < -0.39 is 0 Å².